The lowest BCUT2D eigenvalue weighted by atomic mass is 9.44. The minimum Gasteiger partial charge on any atom is -0.515 e. The summed E-state index contributed by atoms with van der Waals surface area (Å²) in [6.07, 6.45) is 9.11. The summed E-state index contributed by atoms with van der Waals surface area (Å²) in [4.78, 5) is 12.2. The number of Topliss-reactive ketones (excluding diaryl/α,β-unsaturated/α-hetero) is 1. The third-order valence-electron chi connectivity index (χ3n) is 9.64. The van der Waals surface area contributed by atoms with Crippen LogP contribution < -0.4 is 5.32 Å². The molecule has 0 bridgehead atoms. The van der Waals surface area contributed by atoms with Crippen LogP contribution in [0.15, 0.2) is 11.8 Å². The number of aliphatic hydroxyl groups is 2. The molecule has 166 valence electrons. The summed E-state index contributed by atoms with van der Waals surface area (Å²) in [5.41, 5.74) is 0.304. The highest BCUT2D eigenvalue weighted by Gasteiger charge is 2.63. The van der Waals surface area contributed by atoms with E-state index in [9.17, 15) is 15.0 Å². The van der Waals surface area contributed by atoms with Crippen molar-refractivity contribution in [1.29, 1.82) is 0 Å². The molecule has 7 atom stereocenters. The van der Waals surface area contributed by atoms with E-state index < -0.39 is 5.60 Å². The van der Waals surface area contributed by atoms with Crippen LogP contribution in [0.25, 0.3) is 0 Å². The van der Waals surface area contributed by atoms with Gasteiger partial charge in [-0.1, -0.05) is 27.7 Å². The fourth-order valence-corrected chi connectivity index (χ4v) is 7.62. The predicted octanol–water partition coefficient (Wildman–Crippen LogP) is 5.02. The van der Waals surface area contributed by atoms with Crippen LogP contribution in [-0.2, 0) is 4.79 Å². The molecule has 0 aromatic carbocycles. The molecule has 0 heterocycles. The highest BCUT2D eigenvalue weighted by molar-refractivity contribution is 5.96. The van der Waals surface area contributed by atoms with Crippen molar-refractivity contribution in [1.82, 2.24) is 5.32 Å². The molecule has 0 aromatic heterocycles. The standard InChI is InChI=1S/C21H32O3.C4H11N/c1-19-11-13(12-22)18(23)10-14(19)4-5-15-16(19)6-8-20(2)17(15)7-9-21(20,3)24;1-3-5-4-2/h12,14-17,22,24H,4-11H2,1-3H3;5H,3-4H2,1-2H3/b13-12-;/t14-,15+,16-,17-,19-,20-,21-;/m0./s1. The van der Waals surface area contributed by atoms with Crippen LogP contribution in [0, 0.1) is 34.5 Å². The Labute approximate surface area is 177 Å². The first kappa shape index (κ1) is 22.8. The Morgan fingerprint density at radius 1 is 1.03 bits per heavy atom. The molecule has 0 saturated heterocycles. The molecule has 4 aliphatic rings. The molecule has 0 unspecified atom stereocenters. The molecule has 4 saturated carbocycles. The number of fused-ring (bicyclic) bond motifs is 5. The van der Waals surface area contributed by atoms with Crippen LogP contribution in [0.5, 0.6) is 0 Å². The van der Waals surface area contributed by atoms with Gasteiger partial charge in [-0.25, -0.2) is 0 Å². The number of carbonyl (C=O) groups excluding carboxylic acids is 1. The van der Waals surface area contributed by atoms with Gasteiger partial charge in [-0.2, -0.15) is 0 Å². The zero-order chi connectivity index (χ0) is 21.4. The van der Waals surface area contributed by atoms with Crippen molar-refractivity contribution >= 4 is 5.78 Å². The first-order chi connectivity index (χ1) is 13.6. The molecular weight excluding hydrogens is 362 g/mol. The van der Waals surface area contributed by atoms with Crippen LogP contribution in [-0.4, -0.2) is 34.7 Å². The summed E-state index contributed by atoms with van der Waals surface area (Å²) in [6, 6.07) is 0. The number of rotatable bonds is 2. The van der Waals surface area contributed by atoms with E-state index in [1.165, 1.54) is 6.42 Å². The van der Waals surface area contributed by atoms with E-state index in [0.717, 1.165) is 57.9 Å². The van der Waals surface area contributed by atoms with Crippen LogP contribution >= 0.6 is 0 Å². The summed E-state index contributed by atoms with van der Waals surface area (Å²) in [5.74, 6) is 2.55. The Balaban J connectivity index is 0.000000431. The van der Waals surface area contributed by atoms with E-state index in [0.29, 0.717) is 35.7 Å². The molecule has 4 heteroatoms. The molecule has 4 nitrogen and oxygen atoms in total. The van der Waals surface area contributed by atoms with Crippen molar-refractivity contribution in [3.63, 3.8) is 0 Å². The molecule has 0 aliphatic heterocycles. The third-order valence-corrected chi connectivity index (χ3v) is 9.64. The van der Waals surface area contributed by atoms with Crippen LogP contribution in [0.4, 0.5) is 0 Å². The van der Waals surface area contributed by atoms with Crippen molar-refractivity contribution in [3.05, 3.63) is 11.8 Å². The third kappa shape index (κ3) is 3.69. The quantitative estimate of drug-likeness (QED) is 0.446. The second-order valence-corrected chi connectivity index (χ2v) is 10.8. The monoisotopic (exact) mass is 405 g/mol. The smallest absolute Gasteiger partial charge is 0.162 e. The van der Waals surface area contributed by atoms with Gasteiger partial charge in [-0.3, -0.25) is 4.79 Å². The number of aliphatic hydroxyl groups excluding tert-OH is 1. The number of allylic oxidation sites excluding steroid dienone is 1. The molecule has 4 aliphatic carbocycles. The molecule has 0 spiro atoms. The topological polar surface area (TPSA) is 69.6 Å². The fourth-order valence-electron chi connectivity index (χ4n) is 7.62. The molecule has 0 radical (unpaired) electrons. The first-order valence-corrected chi connectivity index (χ1v) is 11.9. The van der Waals surface area contributed by atoms with Crippen molar-refractivity contribution in [2.45, 2.75) is 91.6 Å². The van der Waals surface area contributed by atoms with E-state index in [2.05, 4.69) is 33.0 Å². The van der Waals surface area contributed by atoms with Crippen LogP contribution in [0.2, 0.25) is 0 Å². The number of ketones is 1. The Bertz CT molecular complexity index is 640. The van der Waals surface area contributed by atoms with E-state index in [1.807, 2.05) is 6.92 Å². The molecule has 0 aromatic rings. The van der Waals surface area contributed by atoms with Crippen LogP contribution in [0.3, 0.4) is 0 Å². The van der Waals surface area contributed by atoms with Gasteiger partial charge in [0.2, 0.25) is 0 Å². The number of hydrogen-bond acceptors (Lipinski definition) is 4. The lowest BCUT2D eigenvalue weighted by molar-refractivity contribution is -0.147. The minimum atomic E-state index is -0.529. The number of hydrogen-bond donors (Lipinski definition) is 3. The summed E-state index contributed by atoms with van der Waals surface area (Å²) in [7, 11) is 0. The van der Waals surface area contributed by atoms with E-state index >= 15 is 0 Å². The van der Waals surface area contributed by atoms with Gasteiger partial charge >= 0.3 is 0 Å². The molecule has 0 amide bonds. The highest BCUT2D eigenvalue weighted by Crippen LogP contribution is 2.68. The van der Waals surface area contributed by atoms with Crippen molar-refractivity contribution < 1.29 is 15.0 Å². The average molecular weight is 406 g/mol. The van der Waals surface area contributed by atoms with E-state index in [-0.39, 0.29) is 16.6 Å². The van der Waals surface area contributed by atoms with E-state index in [1.54, 1.807) is 0 Å². The van der Waals surface area contributed by atoms with Gasteiger partial charge in [0.25, 0.3) is 0 Å². The lowest BCUT2D eigenvalue weighted by Crippen LogP contribution is -2.56. The lowest BCUT2D eigenvalue weighted by Gasteiger charge is -2.61. The Hall–Kier alpha value is -0.870. The minimum absolute atomic E-state index is 0.0531. The zero-order valence-corrected chi connectivity index (χ0v) is 19.3. The second kappa shape index (κ2) is 8.34. The SMILES string of the molecule is CCNCC.C[C@]12C/C(=C/O)C(=O)C[C@@H]1CC[C@@H]1[C@@H]2CC[C@@]2(C)[C@H]1CC[C@]2(C)O. The maximum Gasteiger partial charge on any atom is 0.162 e. The molecular formula is C25H43NO3. The summed E-state index contributed by atoms with van der Waals surface area (Å²) in [5, 5.41) is 23.6. The Kier molecular flexibility index (Phi) is 6.56. The predicted molar refractivity (Wildman–Crippen MR) is 118 cm³/mol. The largest absolute Gasteiger partial charge is 0.515 e. The highest BCUT2D eigenvalue weighted by atomic mass is 16.3. The molecule has 3 N–H and O–H groups in total. The Morgan fingerprint density at radius 2 is 1.69 bits per heavy atom. The van der Waals surface area contributed by atoms with Gasteiger partial charge in [0.1, 0.15) is 0 Å². The van der Waals surface area contributed by atoms with Gasteiger partial charge < -0.3 is 15.5 Å². The zero-order valence-electron chi connectivity index (χ0n) is 19.3. The van der Waals surface area contributed by atoms with Gasteiger partial charge in [-0.15, -0.1) is 0 Å². The van der Waals surface area contributed by atoms with Gasteiger partial charge in [-0.05, 0) is 99.5 Å². The normalized spacial score (nSPS) is 47.7. The fraction of sp³-hybridized carbons (Fsp3) is 0.880. The summed E-state index contributed by atoms with van der Waals surface area (Å²) >= 11 is 0. The number of carbonyl (C=O) groups is 1. The van der Waals surface area contributed by atoms with Gasteiger partial charge in [0.05, 0.1) is 11.9 Å². The van der Waals surface area contributed by atoms with Gasteiger partial charge in [0, 0.05) is 12.0 Å². The van der Waals surface area contributed by atoms with Crippen molar-refractivity contribution in [2.75, 3.05) is 13.1 Å². The number of nitrogens with one attached hydrogen (secondary N) is 1. The summed E-state index contributed by atoms with van der Waals surface area (Å²) in [6.45, 7) is 13.1. The van der Waals surface area contributed by atoms with Crippen molar-refractivity contribution in [2.24, 2.45) is 34.5 Å². The first-order valence-electron chi connectivity index (χ1n) is 11.9. The Morgan fingerprint density at radius 3 is 2.28 bits per heavy atom. The maximum atomic E-state index is 12.2. The maximum absolute atomic E-state index is 12.2. The molecule has 29 heavy (non-hydrogen) atoms. The average Bonchev–Trinajstić information content (AvgIpc) is 2.92. The molecule has 4 fully saturated rings. The second-order valence-electron chi connectivity index (χ2n) is 10.8. The van der Waals surface area contributed by atoms with Gasteiger partial charge in [0.15, 0.2) is 5.78 Å². The molecule has 4 rings (SSSR count). The van der Waals surface area contributed by atoms with Crippen LogP contribution in [0.1, 0.15) is 86.0 Å². The van der Waals surface area contributed by atoms with Crippen molar-refractivity contribution in [3.8, 4) is 0 Å². The summed E-state index contributed by atoms with van der Waals surface area (Å²) < 4.78 is 0. The van der Waals surface area contributed by atoms with E-state index in [4.69, 9.17) is 0 Å².